The number of hydrogen-bond donors (Lipinski definition) is 0. The number of rotatable bonds is 4. The highest BCUT2D eigenvalue weighted by atomic mass is 35.7. The van der Waals surface area contributed by atoms with Crippen LogP contribution in [0, 0.1) is 0 Å². The molecule has 0 unspecified atom stereocenters. The van der Waals surface area contributed by atoms with Crippen molar-refractivity contribution in [1.82, 2.24) is 0 Å². The Bertz CT molecular complexity index is 732. The van der Waals surface area contributed by atoms with Crippen LogP contribution < -0.4 is 0 Å². The van der Waals surface area contributed by atoms with E-state index in [1.54, 1.807) is 42.5 Å². The first-order valence-corrected chi connectivity index (χ1v) is 8.10. The molecule has 102 valence electrons. The van der Waals surface area contributed by atoms with Gasteiger partial charge in [-0.15, -0.1) is 0 Å². The second-order valence-corrected chi connectivity index (χ2v) is 6.64. The predicted molar refractivity (Wildman–Crippen MR) is 79.3 cm³/mol. The van der Waals surface area contributed by atoms with Gasteiger partial charge in [0.1, 0.15) is 0 Å². The smallest absolute Gasteiger partial charge is 0.261 e. The maximum atomic E-state index is 11.8. The summed E-state index contributed by atoms with van der Waals surface area (Å²) in [7, 11) is 1.51. The Morgan fingerprint density at radius 1 is 0.950 bits per heavy atom. The third-order valence-electron chi connectivity index (χ3n) is 2.65. The van der Waals surface area contributed by atoms with Gasteiger partial charge in [0, 0.05) is 16.2 Å². The fraction of sp³-hybridized carbons (Fsp3) is 0. The lowest BCUT2D eigenvalue weighted by atomic mass is 10.1. The average Bonchev–Trinajstić information content (AvgIpc) is 2.45. The molecule has 2 aromatic carbocycles. The van der Waals surface area contributed by atoms with E-state index >= 15 is 0 Å². The lowest BCUT2D eigenvalue weighted by molar-refractivity contribution is 0.104. The van der Waals surface area contributed by atoms with Gasteiger partial charge in [0.15, 0.2) is 5.78 Å². The fourth-order valence-corrected chi connectivity index (χ4v) is 2.38. The summed E-state index contributed by atoms with van der Waals surface area (Å²) in [6.45, 7) is 0. The maximum absolute atomic E-state index is 11.8. The lowest BCUT2D eigenvalue weighted by Gasteiger charge is -1.97. The molecule has 5 heteroatoms. The van der Waals surface area contributed by atoms with Gasteiger partial charge in [-0.05, 0) is 23.8 Å². The molecule has 2 aromatic rings. The maximum Gasteiger partial charge on any atom is 0.261 e. The Morgan fingerprint density at radius 2 is 1.55 bits per heavy atom. The molecule has 0 aliphatic carbocycles. The van der Waals surface area contributed by atoms with Crippen molar-refractivity contribution < 1.29 is 13.2 Å². The van der Waals surface area contributed by atoms with Crippen LogP contribution in [-0.4, -0.2) is 14.2 Å². The van der Waals surface area contributed by atoms with E-state index in [0.29, 0.717) is 5.56 Å². The molecule has 0 N–H and O–H groups in total. The van der Waals surface area contributed by atoms with Crippen LogP contribution in [0.3, 0.4) is 0 Å². The van der Waals surface area contributed by atoms with Crippen LogP contribution in [0.5, 0.6) is 0 Å². The number of halogens is 1. The third kappa shape index (κ3) is 3.79. The number of hydrogen-bond acceptors (Lipinski definition) is 3. The number of ketones is 1. The summed E-state index contributed by atoms with van der Waals surface area (Å²) >= 11 is 0. The second-order valence-electron chi connectivity index (χ2n) is 4.07. The van der Waals surface area contributed by atoms with Gasteiger partial charge in [0.05, 0.1) is 4.90 Å². The molecule has 3 nitrogen and oxygen atoms in total. The van der Waals surface area contributed by atoms with Crippen molar-refractivity contribution in [1.29, 1.82) is 0 Å². The summed E-state index contributed by atoms with van der Waals surface area (Å²) in [6, 6.07) is 14.9. The van der Waals surface area contributed by atoms with E-state index in [2.05, 4.69) is 0 Å². The molecule has 0 spiro atoms. The highest BCUT2D eigenvalue weighted by Gasteiger charge is 2.08. The number of carbonyl (C=O) groups excluding carboxylic acids is 1. The molecule has 0 saturated carbocycles. The molecule has 0 amide bonds. The summed E-state index contributed by atoms with van der Waals surface area (Å²) in [4.78, 5) is 11.9. The predicted octanol–water partition coefficient (Wildman–Crippen LogP) is 3.51. The zero-order valence-corrected chi connectivity index (χ0v) is 11.9. The molecule has 0 heterocycles. The van der Waals surface area contributed by atoms with Crippen LogP contribution in [0.25, 0.3) is 6.08 Å². The molecular weight excluding hydrogens is 296 g/mol. The minimum atomic E-state index is -3.71. The molecular formula is C15H11ClO3S. The Hall–Kier alpha value is -1.91. The van der Waals surface area contributed by atoms with Gasteiger partial charge in [-0.2, -0.15) is 0 Å². The van der Waals surface area contributed by atoms with Crippen LogP contribution in [0.2, 0.25) is 0 Å². The molecule has 0 aliphatic heterocycles. The Morgan fingerprint density at radius 3 is 2.10 bits per heavy atom. The molecule has 0 atom stereocenters. The second kappa shape index (κ2) is 6.03. The van der Waals surface area contributed by atoms with E-state index in [1.807, 2.05) is 6.07 Å². The summed E-state index contributed by atoms with van der Waals surface area (Å²) in [6.07, 6.45) is 3.07. The first-order valence-electron chi connectivity index (χ1n) is 5.79. The number of carbonyl (C=O) groups is 1. The minimum Gasteiger partial charge on any atom is -0.289 e. The van der Waals surface area contributed by atoms with Crippen LogP contribution in [0.1, 0.15) is 15.9 Å². The van der Waals surface area contributed by atoms with Crippen molar-refractivity contribution in [3.8, 4) is 0 Å². The van der Waals surface area contributed by atoms with E-state index in [1.165, 1.54) is 18.2 Å². The Balaban J connectivity index is 2.15. The van der Waals surface area contributed by atoms with Crippen LogP contribution in [0.15, 0.2) is 65.6 Å². The van der Waals surface area contributed by atoms with E-state index in [-0.39, 0.29) is 10.7 Å². The van der Waals surface area contributed by atoms with E-state index in [0.717, 1.165) is 5.56 Å². The summed E-state index contributed by atoms with van der Waals surface area (Å²) in [5.74, 6) is -0.111. The van der Waals surface area contributed by atoms with Crippen molar-refractivity contribution in [2.24, 2.45) is 0 Å². The van der Waals surface area contributed by atoms with Gasteiger partial charge in [-0.3, -0.25) is 4.79 Å². The number of allylic oxidation sites excluding steroid dienone is 1. The first-order chi connectivity index (χ1) is 9.47. The van der Waals surface area contributed by atoms with Gasteiger partial charge in [-0.1, -0.05) is 48.5 Å². The van der Waals surface area contributed by atoms with Gasteiger partial charge < -0.3 is 0 Å². The highest BCUT2D eigenvalue weighted by molar-refractivity contribution is 8.13. The van der Waals surface area contributed by atoms with Crippen LogP contribution in [-0.2, 0) is 9.05 Å². The molecule has 0 fully saturated rings. The van der Waals surface area contributed by atoms with Gasteiger partial charge in [0.2, 0.25) is 0 Å². The Kier molecular flexibility index (Phi) is 4.37. The number of benzene rings is 2. The average molecular weight is 307 g/mol. The molecule has 2 rings (SSSR count). The molecule has 0 saturated heterocycles. The first kappa shape index (κ1) is 14.5. The van der Waals surface area contributed by atoms with E-state index < -0.39 is 9.05 Å². The van der Waals surface area contributed by atoms with Crippen molar-refractivity contribution >= 4 is 31.6 Å². The van der Waals surface area contributed by atoms with Crippen LogP contribution in [0.4, 0.5) is 0 Å². The van der Waals surface area contributed by atoms with Gasteiger partial charge in [0.25, 0.3) is 9.05 Å². The summed E-state index contributed by atoms with van der Waals surface area (Å²) in [5.41, 5.74) is 1.32. The highest BCUT2D eigenvalue weighted by Crippen LogP contribution is 2.16. The SMILES string of the molecule is O=C(/C=C\c1ccc(S(=O)(=O)Cl)cc1)c1ccccc1. The lowest BCUT2D eigenvalue weighted by Crippen LogP contribution is -1.93. The van der Waals surface area contributed by atoms with Gasteiger partial charge in [-0.25, -0.2) is 8.42 Å². The summed E-state index contributed by atoms with van der Waals surface area (Å²) < 4.78 is 22.2. The Labute approximate surface area is 121 Å². The zero-order chi connectivity index (χ0) is 14.6. The quantitative estimate of drug-likeness (QED) is 0.493. The van der Waals surface area contributed by atoms with Crippen molar-refractivity contribution in [3.05, 3.63) is 71.8 Å². The minimum absolute atomic E-state index is 0.0331. The molecule has 0 bridgehead atoms. The fourth-order valence-electron chi connectivity index (χ4n) is 1.61. The molecule has 0 aromatic heterocycles. The standard InChI is InChI=1S/C15H11ClO3S/c16-20(18,19)14-9-6-12(7-10-14)8-11-15(17)13-4-2-1-3-5-13/h1-11H/b11-8-. The zero-order valence-electron chi connectivity index (χ0n) is 10.4. The topological polar surface area (TPSA) is 51.2 Å². The normalized spacial score (nSPS) is 11.7. The molecule has 0 aliphatic rings. The van der Waals surface area contributed by atoms with Crippen molar-refractivity contribution in [2.45, 2.75) is 4.90 Å². The van der Waals surface area contributed by atoms with E-state index in [9.17, 15) is 13.2 Å². The monoisotopic (exact) mass is 306 g/mol. The van der Waals surface area contributed by atoms with E-state index in [4.69, 9.17) is 10.7 Å². The van der Waals surface area contributed by atoms with Gasteiger partial charge >= 0.3 is 0 Å². The van der Waals surface area contributed by atoms with Crippen molar-refractivity contribution in [2.75, 3.05) is 0 Å². The van der Waals surface area contributed by atoms with Crippen LogP contribution >= 0.6 is 10.7 Å². The summed E-state index contributed by atoms with van der Waals surface area (Å²) in [5, 5.41) is 0. The van der Waals surface area contributed by atoms with Crippen molar-refractivity contribution in [3.63, 3.8) is 0 Å². The molecule has 20 heavy (non-hydrogen) atoms. The largest absolute Gasteiger partial charge is 0.289 e. The third-order valence-corrected chi connectivity index (χ3v) is 4.02. The molecule has 0 radical (unpaired) electrons.